The van der Waals surface area contributed by atoms with Crippen molar-refractivity contribution < 1.29 is 13.2 Å². The Kier molecular flexibility index (Phi) is 4.07. The van der Waals surface area contributed by atoms with Gasteiger partial charge in [-0.2, -0.15) is 13.2 Å². The van der Waals surface area contributed by atoms with E-state index in [0.29, 0.717) is 28.9 Å². The van der Waals surface area contributed by atoms with Crippen LogP contribution in [0.2, 0.25) is 0 Å². The van der Waals surface area contributed by atoms with Gasteiger partial charge in [-0.05, 0) is 31.5 Å². The van der Waals surface area contributed by atoms with Crippen molar-refractivity contribution in [3.05, 3.63) is 11.4 Å². The van der Waals surface area contributed by atoms with Crippen LogP contribution < -0.4 is 11.1 Å². The maximum Gasteiger partial charge on any atom is 0.441 e. The van der Waals surface area contributed by atoms with Crippen molar-refractivity contribution in [3.63, 3.8) is 0 Å². The Balaban J connectivity index is 1.95. The Hall–Kier alpha value is -1.18. The van der Waals surface area contributed by atoms with Crippen LogP contribution in [0, 0.1) is 6.92 Å². The van der Waals surface area contributed by atoms with Gasteiger partial charge >= 0.3 is 5.51 Å². The van der Waals surface area contributed by atoms with Crippen molar-refractivity contribution in [1.82, 2.24) is 9.97 Å². The fourth-order valence-corrected chi connectivity index (χ4v) is 2.02. The van der Waals surface area contributed by atoms with Crippen LogP contribution in [0.4, 0.5) is 24.8 Å². The zero-order valence-electron chi connectivity index (χ0n) is 10.4. The van der Waals surface area contributed by atoms with Gasteiger partial charge in [-0.25, -0.2) is 9.97 Å². The number of thioether (sulfide) groups is 1. The Morgan fingerprint density at radius 2 is 2.05 bits per heavy atom. The van der Waals surface area contributed by atoms with Crippen molar-refractivity contribution >= 4 is 23.4 Å². The third-order valence-electron chi connectivity index (χ3n) is 2.80. The van der Waals surface area contributed by atoms with E-state index in [1.165, 1.54) is 0 Å². The summed E-state index contributed by atoms with van der Waals surface area (Å²) in [5.74, 6) is 1.91. The summed E-state index contributed by atoms with van der Waals surface area (Å²) in [6.07, 6.45) is 2.09. The van der Waals surface area contributed by atoms with Crippen LogP contribution in [0.25, 0.3) is 0 Å². The average molecular weight is 292 g/mol. The van der Waals surface area contributed by atoms with Gasteiger partial charge in [0.1, 0.15) is 17.5 Å². The maximum atomic E-state index is 12.0. The van der Waals surface area contributed by atoms with Crippen molar-refractivity contribution in [2.75, 3.05) is 23.3 Å². The van der Waals surface area contributed by atoms with Crippen molar-refractivity contribution in [2.24, 2.45) is 0 Å². The highest BCUT2D eigenvalue weighted by Crippen LogP contribution is 2.39. The molecule has 4 nitrogen and oxygen atoms in total. The van der Waals surface area contributed by atoms with E-state index in [9.17, 15) is 13.2 Å². The topological polar surface area (TPSA) is 63.8 Å². The average Bonchev–Trinajstić information content (AvgIpc) is 3.12. The molecule has 0 aliphatic heterocycles. The second-order valence-electron chi connectivity index (χ2n) is 4.44. The van der Waals surface area contributed by atoms with Gasteiger partial charge < -0.3 is 11.1 Å². The van der Waals surface area contributed by atoms with Gasteiger partial charge in [0.05, 0.1) is 0 Å². The quantitative estimate of drug-likeness (QED) is 0.817. The molecule has 2 rings (SSSR count). The monoisotopic (exact) mass is 292 g/mol. The normalized spacial score (nSPS) is 15.6. The number of alkyl halides is 3. The predicted octanol–water partition coefficient (Wildman–Crippen LogP) is 2.91. The number of nitrogens with zero attached hydrogens (tertiary/aromatic N) is 2. The van der Waals surface area contributed by atoms with E-state index < -0.39 is 5.51 Å². The number of hydrogen-bond acceptors (Lipinski definition) is 5. The minimum Gasteiger partial charge on any atom is -0.383 e. The summed E-state index contributed by atoms with van der Waals surface area (Å²) in [6, 6.07) is 0. The fourth-order valence-electron chi connectivity index (χ4n) is 1.58. The molecule has 19 heavy (non-hydrogen) atoms. The molecular weight excluding hydrogens is 277 g/mol. The second-order valence-corrected chi connectivity index (χ2v) is 5.60. The van der Waals surface area contributed by atoms with Gasteiger partial charge in [0.2, 0.25) is 0 Å². The van der Waals surface area contributed by atoms with Crippen LogP contribution >= 0.6 is 11.8 Å². The third-order valence-corrected chi connectivity index (χ3v) is 3.54. The molecule has 1 aliphatic carbocycles. The smallest absolute Gasteiger partial charge is 0.383 e. The molecule has 0 bridgehead atoms. The number of nitrogens with two attached hydrogens (primary N) is 1. The van der Waals surface area contributed by atoms with E-state index >= 15 is 0 Å². The van der Waals surface area contributed by atoms with Gasteiger partial charge in [0.25, 0.3) is 0 Å². The van der Waals surface area contributed by atoms with E-state index in [2.05, 4.69) is 15.3 Å². The number of rotatable bonds is 5. The van der Waals surface area contributed by atoms with E-state index in [1.54, 1.807) is 6.92 Å². The first-order valence-corrected chi connectivity index (χ1v) is 6.94. The molecule has 0 amide bonds. The molecule has 1 aromatic rings. The standard InChI is InChI=1S/C11H15F3N4S/c1-6-8(15)17-10(7-2-3-7)18-9(6)16-4-5-19-11(12,13)14/h7H,2-5H2,1H3,(H3,15,16,17,18). The molecule has 1 saturated carbocycles. The molecule has 0 aromatic carbocycles. The summed E-state index contributed by atoms with van der Waals surface area (Å²) in [6.45, 7) is 1.94. The Morgan fingerprint density at radius 1 is 1.37 bits per heavy atom. The highest BCUT2D eigenvalue weighted by atomic mass is 32.2. The SMILES string of the molecule is Cc1c(N)nc(C2CC2)nc1NCCSC(F)(F)F. The summed E-state index contributed by atoms with van der Waals surface area (Å²) < 4.78 is 36.0. The summed E-state index contributed by atoms with van der Waals surface area (Å²) in [5, 5.41) is 2.90. The van der Waals surface area contributed by atoms with Gasteiger partial charge in [-0.15, -0.1) is 0 Å². The molecule has 0 radical (unpaired) electrons. The van der Waals surface area contributed by atoms with Crippen molar-refractivity contribution in [2.45, 2.75) is 31.2 Å². The van der Waals surface area contributed by atoms with Gasteiger partial charge in [0, 0.05) is 23.8 Å². The van der Waals surface area contributed by atoms with Crippen LogP contribution in [-0.4, -0.2) is 27.8 Å². The molecule has 1 heterocycles. The lowest BCUT2D eigenvalue weighted by molar-refractivity contribution is -0.0327. The molecule has 106 valence electrons. The van der Waals surface area contributed by atoms with Crippen LogP contribution in [0.3, 0.4) is 0 Å². The molecule has 1 aromatic heterocycles. The first-order valence-electron chi connectivity index (χ1n) is 5.95. The lowest BCUT2D eigenvalue weighted by Crippen LogP contribution is -2.13. The number of aromatic nitrogens is 2. The third kappa shape index (κ3) is 4.15. The zero-order valence-corrected chi connectivity index (χ0v) is 11.2. The van der Waals surface area contributed by atoms with Gasteiger partial charge in [-0.1, -0.05) is 0 Å². The molecule has 0 spiro atoms. The van der Waals surface area contributed by atoms with Crippen LogP contribution in [0.1, 0.15) is 30.1 Å². The van der Waals surface area contributed by atoms with Gasteiger partial charge in [0.15, 0.2) is 0 Å². The van der Waals surface area contributed by atoms with Crippen molar-refractivity contribution in [3.8, 4) is 0 Å². The lowest BCUT2D eigenvalue weighted by atomic mass is 10.3. The van der Waals surface area contributed by atoms with Crippen LogP contribution in [0.15, 0.2) is 0 Å². The van der Waals surface area contributed by atoms with E-state index in [1.807, 2.05) is 0 Å². The Morgan fingerprint density at radius 3 is 2.63 bits per heavy atom. The zero-order chi connectivity index (χ0) is 14.0. The molecule has 0 atom stereocenters. The highest BCUT2D eigenvalue weighted by Gasteiger charge is 2.28. The molecule has 8 heteroatoms. The van der Waals surface area contributed by atoms with Crippen LogP contribution in [0.5, 0.6) is 0 Å². The summed E-state index contributed by atoms with van der Waals surface area (Å²) in [5.41, 5.74) is 2.27. The maximum absolute atomic E-state index is 12.0. The van der Waals surface area contributed by atoms with E-state index in [4.69, 9.17) is 5.73 Å². The molecule has 0 saturated heterocycles. The minimum absolute atomic E-state index is 0.0514. The molecular formula is C11H15F3N4S. The summed E-state index contributed by atoms with van der Waals surface area (Å²) in [7, 11) is 0. The van der Waals surface area contributed by atoms with Crippen molar-refractivity contribution in [1.29, 1.82) is 0 Å². The molecule has 3 N–H and O–H groups in total. The minimum atomic E-state index is -4.19. The molecule has 1 aliphatic rings. The predicted molar refractivity (Wildman–Crippen MR) is 70.2 cm³/mol. The summed E-state index contributed by atoms with van der Waals surface area (Å²) in [4.78, 5) is 8.54. The first kappa shape index (κ1) is 14.2. The lowest BCUT2D eigenvalue weighted by Gasteiger charge is -2.12. The molecule has 1 fully saturated rings. The highest BCUT2D eigenvalue weighted by molar-refractivity contribution is 8.00. The Bertz CT molecular complexity index is 460. The molecule has 0 unspecified atom stereocenters. The number of halogens is 3. The van der Waals surface area contributed by atoms with E-state index in [-0.39, 0.29) is 24.1 Å². The summed E-state index contributed by atoms with van der Waals surface area (Å²) >= 11 is -0.0514. The van der Waals surface area contributed by atoms with Gasteiger partial charge in [-0.3, -0.25) is 0 Å². The largest absolute Gasteiger partial charge is 0.441 e. The second kappa shape index (κ2) is 5.44. The number of nitrogens with one attached hydrogen (secondary N) is 1. The number of nitrogen functional groups attached to an aromatic ring is 1. The van der Waals surface area contributed by atoms with E-state index in [0.717, 1.165) is 12.8 Å². The Labute approximate surface area is 113 Å². The fraction of sp³-hybridized carbons (Fsp3) is 0.636. The van der Waals surface area contributed by atoms with Crippen LogP contribution in [-0.2, 0) is 0 Å². The first-order chi connectivity index (χ1) is 8.87. The number of anilines is 2. The number of hydrogen-bond donors (Lipinski definition) is 2.